The fraction of sp³-hybridized carbons (Fsp3) is 0.467. The Morgan fingerprint density at radius 3 is 2.80 bits per heavy atom. The number of carbonyl (C=O) groups excluding carboxylic acids is 2. The van der Waals surface area contributed by atoms with E-state index in [9.17, 15) is 9.59 Å². The van der Waals surface area contributed by atoms with Gasteiger partial charge in [-0.1, -0.05) is 18.2 Å². The molecule has 1 heterocycles. The molecule has 0 saturated carbocycles. The Kier molecular flexibility index (Phi) is 4.74. The summed E-state index contributed by atoms with van der Waals surface area (Å²) in [5, 5.41) is 2.89. The quantitative estimate of drug-likeness (QED) is 0.912. The zero-order chi connectivity index (χ0) is 14.5. The maximum atomic E-state index is 12.1. The number of anilines is 1. The number of hydrogen-bond acceptors (Lipinski definition) is 3. The number of hydrogen-bond donors (Lipinski definition) is 1. The van der Waals surface area contributed by atoms with Crippen molar-refractivity contribution in [2.45, 2.75) is 32.4 Å². The molecule has 1 aliphatic rings. The smallest absolute Gasteiger partial charge is 0.253 e. The molecule has 1 N–H and O–H groups in total. The fourth-order valence-corrected chi connectivity index (χ4v) is 2.14. The van der Waals surface area contributed by atoms with Crippen LogP contribution < -0.4 is 5.32 Å². The highest BCUT2D eigenvalue weighted by atomic mass is 16.5. The molecule has 2 amide bonds. The van der Waals surface area contributed by atoms with Gasteiger partial charge < -0.3 is 15.0 Å². The van der Waals surface area contributed by atoms with E-state index in [0.29, 0.717) is 13.2 Å². The van der Waals surface area contributed by atoms with Gasteiger partial charge in [-0.2, -0.15) is 0 Å². The van der Waals surface area contributed by atoms with Crippen LogP contribution >= 0.6 is 0 Å². The minimum Gasteiger partial charge on any atom is -0.368 e. The summed E-state index contributed by atoms with van der Waals surface area (Å²) in [5.74, 6) is -0.120. The summed E-state index contributed by atoms with van der Waals surface area (Å²) in [6, 6.07) is 7.51. The van der Waals surface area contributed by atoms with Gasteiger partial charge in [-0.25, -0.2) is 0 Å². The molecular weight excluding hydrogens is 256 g/mol. The number of para-hydroxylation sites is 1. The van der Waals surface area contributed by atoms with Crippen LogP contribution in [0.2, 0.25) is 0 Å². The molecule has 2 rings (SSSR count). The van der Waals surface area contributed by atoms with Crippen LogP contribution in [-0.4, -0.2) is 36.5 Å². The highest BCUT2D eigenvalue weighted by Crippen LogP contribution is 2.19. The number of nitrogens with zero attached hydrogens (tertiary/aromatic N) is 1. The normalized spacial score (nSPS) is 17.8. The lowest BCUT2D eigenvalue weighted by Gasteiger charge is -2.18. The lowest BCUT2D eigenvalue weighted by Crippen LogP contribution is -2.28. The summed E-state index contributed by atoms with van der Waals surface area (Å²) in [6.07, 6.45) is 1.34. The van der Waals surface area contributed by atoms with Gasteiger partial charge in [0, 0.05) is 32.8 Å². The van der Waals surface area contributed by atoms with Gasteiger partial charge in [-0.3, -0.25) is 9.59 Å². The van der Waals surface area contributed by atoms with E-state index in [0.717, 1.165) is 24.1 Å². The largest absolute Gasteiger partial charge is 0.368 e. The SMILES string of the molecule is CC(=O)N(C)Cc1ccccc1NC(=O)C1CCCO1. The van der Waals surface area contributed by atoms with Gasteiger partial charge in [-0.05, 0) is 24.5 Å². The van der Waals surface area contributed by atoms with Crippen LogP contribution in [0.25, 0.3) is 0 Å². The molecule has 0 spiro atoms. The van der Waals surface area contributed by atoms with E-state index in [1.54, 1.807) is 11.9 Å². The molecule has 1 aromatic rings. The lowest BCUT2D eigenvalue weighted by molar-refractivity contribution is -0.128. The fourth-order valence-electron chi connectivity index (χ4n) is 2.14. The van der Waals surface area contributed by atoms with Crippen LogP contribution in [0.3, 0.4) is 0 Å². The molecule has 1 saturated heterocycles. The van der Waals surface area contributed by atoms with Crippen LogP contribution in [0, 0.1) is 0 Å². The third-order valence-corrected chi connectivity index (χ3v) is 3.44. The third-order valence-electron chi connectivity index (χ3n) is 3.44. The lowest BCUT2D eigenvalue weighted by atomic mass is 10.1. The molecular formula is C15H20N2O3. The molecule has 1 aromatic carbocycles. The first-order valence-electron chi connectivity index (χ1n) is 6.80. The topological polar surface area (TPSA) is 58.6 Å². The van der Waals surface area contributed by atoms with E-state index in [1.165, 1.54) is 6.92 Å². The van der Waals surface area contributed by atoms with Crippen molar-refractivity contribution in [3.63, 3.8) is 0 Å². The molecule has 1 fully saturated rings. The molecule has 20 heavy (non-hydrogen) atoms. The highest BCUT2D eigenvalue weighted by Gasteiger charge is 2.24. The molecule has 108 valence electrons. The summed E-state index contributed by atoms with van der Waals surface area (Å²) in [5.41, 5.74) is 1.65. The first kappa shape index (κ1) is 14.5. The van der Waals surface area contributed by atoms with Crippen LogP contribution in [0.5, 0.6) is 0 Å². The summed E-state index contributed by atoms with van der Waals surface area (Å²) < 4.78 is 5.37. The van der Waals surface area contributed by atoms with E-state index in [1.807, 2.05) is 24.3 Å². The zero-order valence-electron chi connectivity index (χ0n) is 11.9. The van der Waals surface area contributed by atoms with Crippen molar-refractivity contribution >= 4 is 17.5 Å². The molecule has 5 nitrogen and oxygen atoms in total. The van der Waals surface area contributed by atoms with Gasteiger partial charge in [-0.15, -0.1) is 0 Å². The molecule has 1 unspecified atom stereocenters. The second kappa shape index (κ2) is 6.52. The average molecular weight is 276 g/mol. The maximum absolute atomic E-state index is 12.1. The van der Waals surface area contributed by atoms with Crippen molar-refractivity contribution < 1.29 is 14.3 Å². The van der Waals surface area contributed by atoms with Crippen LogP contribution in [0.15, 0.2) is 24.3 Å². The molecule has 0 aliphatic carbocycles. The number of rotatable bonds is 4. The van der Waals surface area contributed by atoms with Gasteiger partial charge >= 0.3 is 0 Å². The van der Waals surface area contributed by atoms with Crippen molar-refractivity contribution in [3.05, 3.63) is 29.8 Å². The second-order valence-electron chi connectivity index (χ2n) is 5.02. The number of ether oxygens (including phenoxy) is 1. The first-order chi connectivity index (χ1) is 9.58. The van der Waals surface area contributed by atoms with Crippen molar-refractivity contribution in [1.82, 2.24) is 4.90 Å². The Balaban J connectivity index is 2.07. The van der Waals surface area contributed by atoms with E-state index < -0.39 is 0 Å². The molecule has 0 radical (unpaired) electrons. The first-order valence-corrected chi connectivity index (χ1v) is 6.80. The Morgan fingerprint density at radius 2 is 2.15 bits per heavy atom. The van der Waals surface area contributed by atoms with Gasteiger partial charge in [0.15, 0.2) is 0 Å². The predicted octanol–water partition coefficient (Wildman–Crippen LogP) is 1.78. The Bertz CT molecular complexity index is 496. The van der Waals surface area contributed by atoms with E-state index in [-0.39, 0.29) is 17.9 Å². The van der Waals surface area contributed by atoms with Gasteiger partial charge in [0.2, 0.25) is 5.91 Å². The standard InChI is InChI=1S/C15H20N2O3/c1-11(18)17(2)10-12-6-3-4-7-13(12)16-15(19)14-8-5-9-20-14/h3-4,6-7,14H,5,8-10H2,1-2H3,(H,16,19). The van der Waals surface area contributed by atoms with Gasteiger partial charge in [0.1, 0.15) is 6.10 Å². The summed E-state index contributed by atoms with van der Waals surface area (Å²) in [4.78, 5) is 25.0. The molecule has 5 heteroatoms. The number of amides is 2. The number of benzene rings is 1. The van der Waals surface area contributed by atoms with E-state index in [2.05, 4.69) is 5.32 Å². The van der Waals surface area contributed by atoms with E-state index >= 15 is 0 Å². The summed E-state index contributed by atoms with van der Waals surface area (Å²) in [7, 11) is 1.74. The second-order valence-corrected chi connectivity index (χ2v) is 5.02. The third kappa shape index (κ3) is 3.57. The summed E-state index contributed by atoms with van der Waals surface area (Å²) >= 11 is 0. The van der Waals surface area contributed by atoms with Crippen LogP contribution in [0.1, 0.15) is 25.3 Å². The number of nitrogens with one attached hydrogen (secondary N) is 1. The monoisotopic (exact) mass is 276 g/mol. The Hall–Kier alpha value is -1.88. The Morgan fingerprint density at radius 1 is 1.40 bits per heavy atom. The minimum atomic E-state index is -0.353. The molecule has 1 aliphatic heterocycles. The van der Waals surface area contributed by atoms with Crippen molar-refractivity contribution in [3.8, 4) is 0 Å². The molecule has 1 atom stereocenters. The van der Waals surface area contributed by atoms with Crippen molar-refractivity contribution in [2.24, 2.45) is 0 Å². The highest BCUT2D eigenvalue weighted by molar-refractivity contribution is 5.95. The van der Waals surface area contributed by atoms with Crippen molar-refractivity contribution in [2.75, 3.05) is 19.0 Å². The van der Waals surface area contributed by atoms with Crippen LogP contribution in [0.4, 0.5) is 5.69 Å². The molecule has 0 bridgehead atoms. The minimum absolute atomic E-state index is 0.00902. The van der Waals surface area contributed by atoms with Gasteiger partial charge in [0.05, 0.1) is 0 Å². The zero-order valence-corrected chi connectivity index (χ0v) is 11.9. The van der Waals surface area contributed by atoms with Crippen LogP contribution in [-0.2, 0) is 20.9 Å². The maximum Gasteiger partial charge on any atom is 0.253 e. The van der Waals surface area contributed by atoms with Gasteiger partial charge in [0.25, 0.3) is 5.91 Å². The van der Waals surface area contributed by atoms with Crippen molar-refractivity contribution in [1.29, 1.82) is 0 Å². The summed E-state index contributed by atoms with van der Waals surface area (Å²) in [6.45, 7) is 2.64. The van der Waals surface area contributed by atoms with E-state index in [4.69, 9.17) is 4.74 Å². The average Bonchev–Trinajstić information content (AvgIpc) is 2.94. The number of carbonyl (C=O) groups is 2. The Labute approximate surface area is 118 Å². The molecule has 0 aromatic heterocycles. The predicted molar refractivity (Wildman–Crippen MR) is 76.2 cm³/mol.